The molecule has 1 rings (SSSR count). The molecule has 0 radical (unpaired) electrons. The van der Waals surface area contributed by atoms with Crippen LogP contribution in [0.5, 0.6) is 5.75 Å². The monoisotopic (exact) mass is 171 g/mol. The third kappa shape index (κ3) is 3.35. The van der Waals surface area contributed by atoms with E-state index in [9.17, 15) is 4.89 Å². The SMILES string of the molecule is C[P+](C)(O)Oc1ccccc1. The van der Waals surface area contributed by atoms with Gasteiger partial charge in [-0.3, -0.25) is 0 Å². The summed E-state index contributed by atoms with van der Waals surface area (Å²) in [6, 6.07) is 9.33. The molecule has 0 heterocycles. The molecule has 0 saturated carbocycles. The van der Waals surface area contributed by atoms with E-state index in [4.69, 9.17) is 4.52 Å². The highest BCUT2D eigenvalue weighted by Crippen LogP contribution is 2.46. The lowest BCUT2D eigenvalue weighted by atomic mass is 10.3. The van der Waals surface area contributed by atoms with E-state index in [2.05, 4.69) is 0 Å². The van der Waals surface area contributed by atoms with E-state index in [0.29, 0.717) is 0 Å². The molecule has 0 fully saturated rings. The second-order valence-electron chi connectivity index (χ2n) is 2.70. The Morgan fingerprint density at radius 1 is 1.18 bits per heavy atom. The van der Waals surface area contributed by atoms with Crippen molar-refractivity contribution in [2.24, 2.45) is 0 Å². The van der Waals surface area contributed by atoms with Crippen molar-refractivity contribution >= 4 is 7.72 Å². The second-order valence-corrected chi connectivity index (χ2v) is 5.47. The molecule has 2 nitrogen and oxygen atoms in total. The Balaban J connectivity index is 2.66. The van der Waals surface area contributed by atoms with Gasteiger partial charge in [-0.25, -0.2) is 4.89 Å². The summed E-state index contributed by atoms with van der Waals surface area (Å²) in [4.78, 5) is 9.36. The van der Waals surface area contributed by atoms with Crippen molar-refractivity contribution in [2.75, 3.05) is 13.3 Å². The van der Waals surface area contributed by atoms with Crippen molar-refractivity contribution in [3.05, 3.63) is 30.3 Å². The van der Waals surface area contributed by atoms with Crippen LogP contribution >= 0.6 is 7.72 Å². The van der Waals surface area contributed by atoms with Crippen molar-refractivity contribution < 1.29 is 9.42 Å². The number of benzene rings is 1. The summed E-state index contributed by atoms with van der Waals surface area (Å²) in [6.07, 6.45) is 0. The average molecular weight is 171 g/mol. The Bertz CT molecular complexity index is 215. The maximum Gasteiger partial charge on any atom is 0.310 e. The van der Waals surface area contributed by atoms with Crippen LogP contribution in [0.25, 0.3) is 0 Å². The molecule has 0 aliphatic rings. The molecule has 1 aromatic carbocycles. The average Bonchev–Trinajstić information content (AvgIpc) is 1.85. The van der Waals surface area contributed by atoms with Gasteiger partial charge >= 0.3 is 7.72 Å². The molecule has 0 atom stereocenters. The molecule has 0 saturated heterocycles. The maximum absolute atomic E-state index is 9.36. The number of hydrogen-bond donors (Lipinski definition) is 1. The molecule has 1 aromatic rings. The first-order valence-electron chi connectivity index (χ1n) is 3.39. The van der Waals surface area contributed by atoms with E-state index in [-0.39, 0.29) is 0 Å². The van der Waals surface area contributed by atoms with Crippen LogP contribution in [-0.2, 0) is 0 Å². The van der Waals surface area contributed by atoms with Crippen molar-refractivity contribution in [3.63, 3.8) is 0 Å². The smallest absolute Gasteiger partial charge is 0.310 e. The van der Waals surface area contributed by atoms with Gasteiger partial charge < -0.3 is 4.52 Å². The molecular formula is C8H12O2P+. The summed E-state index contributed by atoms with van der Waals surface area (Å²) in [5, 5.41) is 0. The first-order valence-corrected chi connectivity index (χ1v) is 5.95. The fraction of sp³-hybridized carbons (Fsp3) is 0.250. The Morgan fingerprint density at radius 3 is 2.18 bits per heavy atom. The third-order valence-corrected chi connectivity index (χ3v) is 1.73. The first-order chi connectivity index (χ1) is 5.08. The minimum absolute atomic E-state index is 0.730. The zero-order valence-corrected chi connectivity index (χ0v) is 7.58. The van der Waals surface area contributed by atoms with Gasteiger partial charge in [0.05, 0.1) is 0 Å². The maximum atomic E-state index is 9.36. The Morgan fingerprint density at radius 2 is 1.73 bits per heavy atom. The summed E-state index contributed by atoms with van der Waals surface area (Å²) >= 11 is 0. The highest BCUT2D eigenvalue weighted by Gasteiger charge is 2.23. The van der Waals surface area contributed by atoms with E-state index in [1.165, 1.54) is 0 Å². The topological polar surface area (TPSA) is 29.5 Å². The van der Waals surface area contributed by atoms with Gasteiger partial charge in [0.15, 0.2) is 5.75 Å². The Hall–Kier alpha value is -0.590. The zero-order chi connectivity index (χ0) is 8.32. The van der Waals surface area contributed by atoms with Gasteiger partial charge in [-0.1, -0.05) is 18.2 Å². The van der Waals surface area contributed by atoms with E-state index < -0.39 is 7.72 Å². The van der Waals surface area contributed by atoms with Gasteiger partial charge in [-0.05, 0) is 12.1 Å². The van der Waals surface area contributed by atoms with Crippen molar-refractivity contribution in [3.8, 4) is 5.75 Å². The molecule has 0 aliphatic carbocycles. The lowest BCUT2D eigenvalue weighted by molar-refractivity contribution is 0.471. The van der Waals surface area contributed by atoms with Crippen LogP contribution < -0.4 is 4.52 Å². The summed E-state index contributed by atoms with van der Waals surface area (Å²) in [6.45, 7) is 3.42. The van der Waals surface area contributed by atoms with Crippen molar-refractivity contribution in [2.45, 2.75) is 0 Å². The number of para-hydroxylation sites is 1. The van der Waals surface area contributed by atoms with Crippen molar-refractivity contribution in [1.82, 2.24) is 0 Å². The Labute approximate surface area is 67.3 Å². The van der Waals surface area contributed by atoms with E-state index in [0.717, 1.165) is 5.75 Å². The predicted molar refractivity (Wildman–Crippen MR) is 48.1 cm³/mol. The largest absolute Gasteiger partial charge is 0.321 e. The lowest BCUT2D eigenvalue weighted by Crippen LogP contribution is -1.95. The van der Waals surface area contributed by atoms with E-state index in [1.807, 2.05) is 30.3 Å². The van der Waals surface area contributed by atoms with Gasteiger partial charge in [0.2, 0.25) is 0 Å². The molecule has 0 amide bonds. The molecule has 0 bridgehead atoms. The van der Waals surface area contributed by atoms with Gasteiger partial charge in [0.25, 0.3) is 0 Å². The molecule has 3 heteroatoms. The summed E-state index contributed by atoms with van der Waals surface area (Å²) in [5.41, 5.74) is 0. The number of rotatable bonds is 2. The third-order valence-electron chi connectivity index (χ3n) is 1.07. The molecule has 0 aromatic heterocycles. The van der Waals surface area contributed by atoms with Crippen molar-refractivity contribution in [1.29, 1.82) is 0 Å². The lowest BCUT2D eigenvalue weighted by Gasteiger charge is -2.08. The van der Waals surface area contributed by atoms with Crippen LogP contribution in [0.4, 0.5) is 0 Å². The summed E-state index contributed by atoms with van der Waals surface area (Å²) < 4.78 is 5.27. The molecule has 0 spiro atoms. The fourth-order valence-electron chi connectivity index (χ4n) is 0.739. The van der Waals surface area contributed by atoms with Gasteiger partial charge in [0, 0.05) is 0 Å². The van der Waals surface area contributed by atoms with Crippen LogP contribution in [0.1, 0.15) is 0 Å². The van der Waals surface area contributed by atoms with Crippen LogP contribution in [0.2, 0.25) is 0 Å². The molecule has 60 valence electrons. The van der Waals surface area contributed by atoms with E-state index in [1.54, 1.807) is 13.3 Å². The molecular weight excluding hydrogens is 159 g/mol. The molecule has 0 aliphatic heterocycles. The van der Waals surface area contributed by atoms with Gasteiger partial charge in [0.1, 0.15) is 13.3 Å². The molecule has 0 unspecified atom stereocenters. The zero-order valence-electron chi connectivity index (χ0n) is 6.69. The molecule has 1 N–H and O–H groups in total. The highest BCUT2D eigenvalue weighted by atomic mass is 31.2. The first kappa shape index (κ1) is 8.51. The highest BCUT2D eigenvalue weighted by molar-refractivity contribution is 7.64. The Kier molecular flexibility index (Phi) is 2.48. The normalized spacial score (nSPS) is 11.2. The minimum Gasteiger partial charge on any atom is -0.321 e. The predicted octanol–water partition coefficient (Wildman–Crippen LogP) is 2.16. The standard InChI is InChI=1S/C8H12O2P/c1-11(2,9)10-8-6-4-3-5-7-8/h3-7,9H,1-2H3/q+1. The summed E-state index contributed by atoms with van der Waals surface area (Å²) in [7, 11) is -2.14. The second kappa shape index (κ2) is 3.21. The minimum atomic E-state index is -2.14. The van der Waals surface area contributed by atoms with E-state index >= 15 is 0 Å². The van der Waals surface area contributed by atoms with Crippen LogP contribution in [0.3, 0.4) is 0 Å². The van der Waals surface area contributed by atoms with Gasteiger partial charge in [-0.15, -0.1) is 0 Å². The van der Waals surface area contributed by atoms with Crippen LogP contribution in [0.15, 0.2) is 30.3 Å². The van der Waals surface area contributed by atoms with Gasteiger partial charge in [-0.2, -0.15) is 0 Å². The summed E-state index contributed by atoms with van der Waals surface area (Å²) in [5.74, 6) is 0.730. The number of hydrogen-bond acceptors (Lipinski definition) is 2. The van der Waals surface area contributed by atoms with Crippen LogP contribution in [0, 0.1) is 0 Å². The fourth-order valence-corrected chi connectivity index (χ4v) is 1.38. The van der Waals surface area contributed by atoms with Crippen LogP contribution in [-0.4, -0.2) is 18.2 Å². The molecule has 11 heavy (non-hydrogen) atoms. The quantitative estimate of drug-likeness (QED) is 0.691.